The van der Waals surface area contributed by atoms with Crippen LogP contribution < -0.4 is 0 Å². The molecule has 1 atom stereocenters. The Balaban J connectivity index is 1.73. The van der Waals surface area contributed by atoms with Gasteiger partial charge in [-0.2, -0.15) is 0 Å². The highest BCUT2D eigenvalue weighted by Crippen LogP contribution is 2.27. The van der Waals surface area contributed by atoms with E-state index in [0.29, 0.717) is 30.1 Å². The normalized spacial score (nSPS) is 18.3. The van der Waals surface area contributed by atoms with Gasteiger partial charge in [0.2, 0.25) is 0 Å². The minimum Gasteiger partial charge on any atom is -0.508 e. The van der Waals surface area contributed by atoms with E-state index < -0.39 is 17.6 Å². The molecule has 1 saturated heterocycles. The number of aromatic hydroxyl groups is 1. The quantitative estimate of drug-likeness (QED) is 0.815. The molecule has 1 fully saturated rings. The van der Waals surface area contributed by atoms with Crippen molar-refractivity contribution in [3.63, 3.8) is 0 Å². The Hall–Kier alpha value is -1.98. The molecule has 3 rings (SSSR count). The molecule has 0 saturated carbocycles. The van der Waals surface area contributed by atoms with Crippen LogP contribution in [0.1, 0.15) is 28.8 Å². The molecule has 0 aliphatic carbocycles. The van der Waals surface area contributed by atoms with E-state index in [4.69, 9.17) is 11.6 Å². The lowest BCUT2D eigenvalue weighted by molar-refractivity contribution is 0.0806. The zero-order valence-electron chi connectivity index (χ0n) is 13.5. The second-order valence-electron chi connectivity index (χ2n) is 6.34. The average molecular weight is 366 g/mol. The average Bonchev–Trinajstić information content (AvgIpc) is 2.60. The first-order valence-electron chi connectivity index (χ1n) is 8.13. The first-order chi connectivity index (χ1) is 11.9. The number of phenolic OH excluding ortho intramolecular Hbond substituents is 1. The van der Waals surface area contributed by atoms with Crippen molar-refractivity contribution in [2.45, 2.75) is 19.4 Å². The van der Waals surface area contributed by atoms with Crippen LogP contribution in [0.2, 0.25) is 5.02 Å². The molecule has 25 heavy (non-hydrogen) atoms. The summed E-state index contributed by atoms with van der Waals surface area (Å²) in [6.07, 6.45) is 1.40. The summed E-state index contributed by atoms with van der Waals surface area (Å²) >= 11 is 5.96. The largest absolute Gasteiger partial charge is 0.508 e. The summed E-state index contributed by atoms with van der Waals surface area (Å²) in [4.78, 5) is 14.6. The van der Waals surface area contributed by atoms with E-state index in [1.807, 2.05) is 4.90 Å². The van der Waals surface area contributed by atoms with E-state index in [9.17, 15) is 18.7 Å². The summed E-state index contributed by atoms with van der Waals surface area (Å²) in [5.41, 5.74) is 0.481. The third-order valence-corrected chi connectivity index (χ3v) is 4.74. The van der Waals surface area contributed by atoms with Gasteiger partial charge in [0, 0.05) is 29.6 Å². The third kappa shape index (κ3) is 4.17. The van der Waals surface area contributed by atoms with Crippen molar-refractivity contribution in [2.24, 2.45) is 5.92 Å². The van der Waals surface area contributed by atoms with Crippen molar-refractivity contribution in [3.8, 4) is 5.75 Å². The lowest BCUT2D eigenvalue weighted by Gasteiger charge is -2.32. The molecule has 0 amide bonds. The summed E-state index contributed by atoms with van der Waals surface area (Å²) in [7, 11) is 0. The van der Waals surface area contributed by atoms with Crippen LogP contribution in [-0.4, -0.2) is 28.9 Å². The topological polar surface area (TPSA) is 40.5 Å². The van der Waals surface area contributed by atoms with Crippen molar-refractivity contribution in [3.05, 3.63) is 64.2 Å². The smallest absolute Gasteiger partial charge is 0.170 e. The summed E-state index contributed by atoms with van der Waals surface area (Å²) in [5, 5.41) is 10.5. The van der Waals surface area contributed by atoms with E-state index >= 15 is 0 Å². The Morgan fingerprint density at radius 1 is 1.24 bits per heavy atom. The molecule has 0 aromatic heterocycles. The fraction of sp³-hybridized carbons (Fsp3) is 0.316. The van der Waals surface area contributed by atoms with Gasteiger partial charge in [-0.05, 0) is 55.8 Å². The SMILES string of the molecule is O=C(c1cc(F)ccc1F)C1CCCN(Cc2cc(Cl)ccc2O)C1. The Labute approximate surface area is 149 Å². The number of carbonyl (C=O) groups excluding carboxylic acids is 1. The number of hydrogen-bond donors (Lipinski definition) is 1. The van der Waals surface area contributed by atoms with Gasteiger partial charge in [-0.25, -0.2) is 8.78 Å². The number of hydrogen-bond acceptors (Lipinski definition) is 3. The molecule has 132 valence electrons. The van der Waals surface area contributed by atoms with Gasteiger partial charge in [0.15, 0.2) is 5.78 Å². The first-order valence-corrected chi connectivity index (χ1v) is 8.51. The van der Waals surface area contributed by atoms with Gasteiger partial charge in [-0.1, -0.05) is 11.6 Å². The molecule has 2 aromatic carbocycles. The van der Waals surface area contributed by atoms with Gasteiger partial charge >= 0.3 is 0 Å². The van der Waals surface area contributed by atoms with Gasteiger partial charge in [0.25, 0.3) is 0 Å². The lowest BCUT2D eigenvalue weighted by Crippen LogP contribution is -2.38. The van der Waals surface area contributed by atoms with Crippen molar-refractivity contribution >= 4 is 17.4 Å². The molecular formula is C19H18ClF2NO2. The lowest BCUT2D eigenvalue weighted by atomic mass is 9.89. The van der Waals surface area contributed by atoms with Crippen molar-refractivity contribution < 1.29 is 18.7 Å². The summed E-state index contributed by atoms with van der Waals surface area (Å²) in [6, 6.07) is 7.77. The van der Waals surface area contributed by atoms with Crippen LogP contribution in [0.15, 0.2) is 36.4 Å². The zero-order chi connectivity index (χ0) is 18.0. The maximum Gasteiger partial charge on any atom is 0.170 e. The minimum absolute atomic E-state index is 0.147. The van der Waals surface area contributed by atoms with Crippen LogP contribution >= 0.6 is 11.6 Å². The van der Waals surface area contributed by atoms with E-state index in [0.717, 1.165) is 31.2 Å². The maximum atomic E-state index is 13.9. The number of nitrogens with zero attached hydrogens (tertiary/aromatic N) is 1. The van der Waals surface area contributed by atoms with E-state index in [1.54, 1.807) is 12.1 Å². The van der Waals surface area contributed by atoms with Crippen molar-refractivity contribution in [2.75, 3.05) is 13.1 Å². The molecule has 6 heteroatoms. The molecule has 2 aromatic rings. The van der Waals surface area contributed by atoms with Crippen LogP contribution in [0, 0.1) is 17.6 Å². The highest BCUT2D eigenvalue weighted by molar-refractivity contribution is 6.30. The predicted molar refractivity (Wildman–Crippen MR) is 91.8 cm³/mol. The van der Waals surface area contributed by atoms with Crippen LogP contribution in [0.25, 0.3) is 0 Å². The Morgan fingerprint density at radius 2 is 2.04 bits per heavy atom. The fourth-order valence-corrected chi connectivity index (χ4v) is 3.44. The summed E-state index contributed by atoms with van der Waals surface area (Å²) in [5.74, 6) is -1.95. The van der Waals surface area contributed by atoms with Gasteiger partial charge < -0.3 is 5.11 Å². The minimum atomic E-state index is -0.698. The van der Waals surface area contributed by atoms with Crippen molar-refractivity contribution in [1.82, 2.24) is 4.90 Å². The Morgan fingerprint density at radius 3 is 2.84 bits per heavy atom. The molecule has 1 aliphatic rings. The number of rotatable bonds is 4. The zero-order valence-corrected chi connectivity index (χ0v) is 14.3. The van der Waals surface area contributed by atoms with Crippen LogP contribution in [0.3, 0.4) is 0 Å². The van der Waals surface area contributed by atoms with Crippen LogP contribution in [-0.2, 0) is 6.54 Å². The molecule has 0 radical (unpaired) electrons. The molecule has 0 bridgehead atoms. The molecule has 1 unspecified atom stereocenters. The van der Waals surface area contributed by atoms with E-state index in [2.05, 4.69) is 0 Å². The number of Topliss-reactive ketones (excluding diaryl/α,β-unsaturated/α-hetero) is 1. The fourth-order valence-electron chi connectivity index (χ4n) is 3.24. The second-order valence-corrected chi connectivity index (χ2v) is 6.77. The first kappa shape index (κ1) is 17.8. The number of benzene rings is 2. The number of carbonyl (C=O) groups is 1. The maximum absolute atomic E-state index is 13.9. The standard InChI is InChI=1S/C19H18ClF2NO2/c20-14-3-6-18(24)13(8-14)11-23-7-1-2-12(10-23)19(25)16-9-15(21)4-5-17(16)22/h3-6,8-9,12,24H,1-2,7,10-11H2. The molecule has 0 spiro atoms. The molecule has 1 N–H and O–H groups in total. The second kappa shape index (κ2) is 7.50. The molecule has 3 nitrogen and oxygen atoms in total. The van der Waals surface area contributed by atoms with Gasteiger partial charge in [-0.3, -0.25) is 9.69 Å². The highest BCUT2D eigenvalue weighted by atomic mass is 35.5. The number of halogens is 3. The summed E-state index contributed by atoms with van der Waals surface area (Å²) in [6.45, 7) is 1.64. The Bertz CT molecular complexity index is 797. The molecule has 1 aliphatic heterocycles. The van der Waals surface area contributed by atoms with Gasteiger partial charge in [-0.15, -0.1) is 0 Å². The van der Waals surface area contributed by atoms with Crippen LogP contribution in [0.4, 0.5) is 8.78 Å². The van der Waals surface area contributed by atoms with E-state index in [-0.39, 0.29) is 17.1 Å². The number of phenols is 1. The molecule has 1 heterocycles. The van der Waals surface area contributed by atoms with E-state index in [1.165, 1.54) is 6.07 Å². The third-order valence-electron chi connectivity index (χ3n) is 4.51. The monoisotopic (exact) mass is 365 g/mol. The number of piperidine rings is 1. The number of ketones is 1. The van der Waals surface area contributed by atoms with Crippen LogP contribution in [0.5, 0.6) is 5.75 Å². The predicted octanol–water partition coefficient (Wildman–Crippen LogP) is 4.42. The summed E-state index contributed by atoms with van der Waals surface area (Å²) < 4.78 is 27.2. The Kier molecular flexibility index (Phi) is 5.35. The number of likely N-dealkylation sites (tertiary alicyclic amines) is 1. The molecular weight excluding hydrogens is 348 g/mol. The van der Waals surface area contributed by atoms with Crippen molar-refractivity contribution in [1.29, 1.82) is 0 Å². The van der Waals surface area contributed by atoms with Gasteiger partial charge in [0.05, 0.1) is 5.56 Å². The van der Waals surface area contributed by atoms with Gasteiger partial charge in [0.1, 0.15) is 17.4 Å². The highest BCUT2D eigenvalue weighted by Gasteiger charge is 2.28.